The minimum atomic E-state index is 1.22. The Kier molecular flexibility index (Phi) is 29.5. The van der Waals surface area contributed by atoms with Gasteiger partial charge in [0, 0.05) is 0 Å². The van der Waals surface area contributed by atoms with Crippen LogP contribution in [0.25, 0.3) is 0 Å². The van der Waals surface area contributed by atoms with Gasteiger partial charge in [0.05, 0.1) is 0 Å². The van der Waals surface area contributed by atoms with Gasteiger partial charge in [-0.2, -0.15) is 0 Å². The third-order valence-electron chi connectivity index (χ3n) is 6.72. The van der Waals surface area contributed by atoms with Crippen LogP contribution in [0.2, 0.25) is 0 Å². The van der Waals surface area contributed by atoms with E-state index in [1.807, 2.05) is 12.2 Å². The molecule has 0 unspecified atom stereocenters. The smallest absolute Gasteiger partial charge is 0.0348 e. The highest BCUT2D eigenvalue weighted by Gasteiger charge is 1.96. The van der Waals surface area contributed by atoms with Crippen molar-refractivity contribution in [1.82, 2.24) is 0 Å². The van der Waals surface area contributed by atoms with Crippen LogP contribution in [0.15, 0.2) is 37.0 Å². The van der Waals surface area contributed by atoms with Crippen LogP contribution in [0.3, 0.4) is 0 Å². The van der Waals surface area contributed by atoms with E-state index in [9.17, 15) is 0 Å². The Labute approximate surface area is 204 Å². The molecule has 0 rings (SSSR count). The average molecular weight is 445 g/mol. The van der Waals surface area contributed by atoms with Crippen molar-refractivity contribution < 1.29 is 0 Å². The molecule has 0 aliphatic heterocycles. The molecule has 0 saturated heterocycles. The maximum atomic E-state index is 3.68. The number of unbranched alkanes of at least 4 members (excludes halogenated alkanes) is 24. The van der Waals surface area contributed by atoms with E-state index < -0.39 is 0 Å². The van der Waals surface area contributed by atoms with E-state index in [2.05, 4.69) is 31.7 Å². The predicted molar refractivity (Wildman–Crippen MR) is 150 cm³/mol. The molecule has 0 aromatic carbocycles. The molecule has 188 valence electrons. The minimum Gasteiger partial charge on any atom is -0.0991 e. The first-order chi connectivity index (χ1) is 15.9. The second-order valence-electron chi connectivity index (χ2n) is 9.97. The molecule has 0 radical (unpaired) electrons. The molecule has 0 bridgehead atoms. The van der Waals surface area contributed by atoms with E-state index in [0.717, 1.165) is 0 Å². The van der Waals surface area contributed by atoms with E-state index in [1.165, 1.54) is 161 Å². The Balaban J connectivity index is 3.04. The van der Waals surface area contributed by atoms with Crippen molar-refractivity contribution in [2.24, 2.45) is 0 Å². The van der Waals surface area contributed by atoms with Crippen molar-refractivity contribution in [2.75, 3.05) is 0 Å². The van der Waals surface area contributed by atoms with Crippen molar-refractivity contribution in [3.63, 3.8) is 0 Å². The third-order valence-corrected chi connectivity index (χ3v) is 6.72. The van der Waals surface area contributed by atoms with Gasteiger partial charge in [0.2, 0.25) is 0 Å². The van der Waals surface area contributed by atoms with Gasteiger partial charge >= 0.3 is 0 Å². The van der Waals surface area contributed by atoms with Crippen LogP contribution < -0.4 is 0 Å². The lowest BCUT2D eigenvalue weighted by Gasteiger charge is -2.04. The Morgan fingerprint density at radius 2 is 0.688 bits per heavy atom. The van der Waals surface area contributed by atoms with Crippen LogP contribution in [0.4, 0.5) is 0 Å². The minimum absolute atomic E-state index is 1.22. The first kappa shape index (κ1) is 31.2. The fraction of sp³-hybridized carbons (Fsp3) is 0.812. The highest BCUT2D eigenvalue weighted by molar-refractivity contribution is 5.08. The molecule has 0 spiro atoms. The van der Waals surface area contributed by atoms with Gasteiger partial charge in [-0.3, -0.25) is 0 Å². The van der Waals surface area contributed by atoms with Crippen molar-refractivity contribution in [1.29, 1.82) is 0 Å². The standard InChI is InChI=1S/C32H60/c1-3-5-7-9-11-13-15-17-19-21-23-25-27-29-31-32-30-28-26-24-22-20-18-16-14-12-10-8-6-4-2/h3,5,7,9,11H,1,4,6,8,10,12-32H2,2H3/b7-5+,11-9+. The summed E-state index contributed by atoms with van der Waals surface area (Å²) in [4.78, 5) is 0. The topological polar surface area (TPSA) is 0 Å². The van der Waals surface area contributed by atoms with Crippen LogP contribution in [-0.4, -0.2) is 0 Å². The maximum absolute atomic E-state index is 3.68. The summed E-state index contributed by atoms with van der Waals surface area (Å²) in [5.74, 6) is 0. The third kappa shape index (κ3) is 29.2. The van der Waals surface area contributed by atoms with Gasteiger partial charge in [-0.25, -0.2) is 0 Å². The molecule has 0 saturated carbocycles. The fourth-order valence-corrected chi connectivity index (χ4v) is 4.54. The summed E-state index contributed by atoms with van der Waals surface area (Å²) < 4.78 is 0. The second-order valence-corrected chi connectivity index (χ2v) is 9.97. The molecule has 0 amide bonds. The van der Waals surface area contributed by atoms with Gasteiger partial charge in [-0.15, -0.1) is 0 Å². The van der Waals surface area contributed by atoms with Gasteiger partial charge in [0.25, 0.3) is 0 Å². The molecule has 0 heteroatoms. The zero-order chi connectivity index (χ0) is 23.2. The molecule has 0 aliphatic rings. The molecular formula is C32H60. The van der Waals surface area contributed by atoms with E-state index in [4.69, 9.17) is 0 Å². The van der Waals surface area contributed by atoms with Gasteiger partial charge in [0.15, 0.2) is 0 Å². The van der Waals surface area contributed by atoms with Crippen molar-refractivity contribution in [3.8, 4) is 0 Å². The summed E-state index contributed by atoms with van der Waals surface area (Å²) in [5, 5.41) is 0. The molecular weight excluding hydrogens is 384 g/mol. The van der Waals surface area contributed by atoms with E-state index in [1.54, 1.807) is 0 Å². The van der Waals surface area contributed by atoms with Crippen LogP contribution in [-0.2, 0) is 0 Å². The summed E-state index contributed by atoms with van der Waals surface area (Å²) in [7, 11) is 0. The lowest BCUT2D eigenvalue weighted by Crippen LogP contribution is -1.84. The van der Waals surface area contributed by atoms with Gasteiger partial charge in [-0.05, 0) is 12.8 Å². The molecule has 32 heavy (non-hydrogen) atoms. The number of rotatable bonds is 27. The molecule has 0 nitrogen and oxygen atoms in total. The summed E-state index contributed by atoms with van der Waals surface area (Å²) in [6.45, 7) is 5.98. The van der Waals surface area contributed by atoms with E-state index in [-0.39, 0.29) is 0 Å². The average Bonchev–Trinajstić information content (AvgIpc) is 2.81. The van der Waals surface area contributed by atoms with Crippen LogP contribution in [0.5, 0.6) is 0 Å². The summed E-state index contributed by atoms with van der Waals surface area (Å²) >= 11 is 0. The molecule has 0 N–H and O–H groups in total. The zero-order valence-corrected chi connectivity index (χ0v) is 22.3. The Morgan fingerprint density at radius 1 is 0.375 bits per heavy atom. The van der Waals surface area contributed by atoms with E-state index >= 15 is 0 Å². The Bertz CT molecular complexity index is 389. The highest BCUT2D eigenvalue weighted by atomic mass is 14.0. The largest absolute Gasteiger partial charge is 0.0991 e. The van der Waals surface area contributed by atoms with Crippen molar-refractivity contribution >= 4 is 0 Å². The first-order valence-electron chi connectivity index (χ1n) is 14.9. The molecule has 0 aromatic heterocycles. The van der Waals surface area contributed by atoms with E-state index in [0.29, 0.717) is 0 Å². The molecule has 0 aliphatic carbocycles. The number of allylic oxidation sites excluding steroid dienone is 5. The van der Waals surface area contributed by atoms with Crippen LogP contribution in [0.1, 0.15) is 167 Å². The lowest BCUT2D eigenvalue weighted by atomic mass is 10.0. The van der Waals surface area contributed by atoms with Crippen LogP contribution >= 0.6 is 0 Å². The molecule has 0 fully saturated rings. The van der Waals surface area contributed by atoms with Crippen molar-refractivity contribution in [2.45, 2.75) is 167 Å². The summed E-state index contributed by atoms with van der Waals surface area (Å²) in [5.41, 5.74) is 0. The Morgan fingerprint density at radius 3 is 1.00 bits per heavy atom. The fourth-order valence-electron chi connectivity index (χ4n) is 4.54. The normalized spacial score (nSPS) is 11.8. The first-order valence-corrected chi connectivity index (χ1v) is 14.9. The summed E-state index contributed by atoms with van der Waals surface area (Å²) in [6, 6.07) is 0. The quantitative estimate of drug-likeness (QED) is 0.0872. The molecule has 0 atom stereocenters. The Hall–Kier alpha value is -0.780. The van der Waals surface area contributed by atoms with Gasteiger partial charge in [-0.1, -0.05) is 192 Å². The van der Waals surface area contributed by atoms with Gasteiger partial charge < -0.3 is 0 Å². The molecule has 0 heterocycles. The zero-order valence-electron chi connectivity index (χ0n) is 22.3. The molecule has 0 aromatic rings. The second kappa shape index (κ2) is 30.2. The predicted octanol–water partition coefficient (Wildman–Crippen LogP) is 12.1. The SMILES string of the molecule is C=C/C=C/C=C/CCCCCCCCCCCCCCCCCCCCCCCCCC. The van der Waals surface area contributed by atoms with Crippen molar-refractivity contribution in [3.05, 3.63) is 37.0 Å². The van der Waals surface area contributed by atoms with Crippen LogP contribution in [0, 0.1) is 0 Å². The van der Waals surface area contributed by atoms with Gasteiger partial charge in [0.1, 0.15) is 0 Å². The highest BCUT2D eigenvalue weighted by Crippen LogP contribution is 2.15. The summed E-state index contributed by atoms with van der Waals surface area (Å²) in [6.07, 6.45) is 46.5. The lowest BCUT2D eigenvalue weighted by molar-refractivity contribution is 0.517. The number of hydrogen-bond donors (Lipinski definition) is 0. The number of hydrogen-bond acceptors (Lipinski definition) is 0. The monoisotopic (exact) mass is 444 g/mol. The maximum Gasteiger partial charge on any atom is -0.0348 e.